The molecule has 0 amide bonds. The Bertz CT molecular complexity index is 298. The lowest BCUT2D eigenvalue weighted by Gasteiger charge is -2.16. The molecule has 16 heavy (non-hydrogen) atoms. The fourth-order valence-corrected chi connectivity index (χ4v) is 1.45. The van der Waals surface area contributed by atoms with Crippen LogP contribution in [0.5, 0.6) is 0 Å². The van der Waals surface area contributed by atoms with Gasteiger partial charge in [-0.1, -0.05) is 30.3 Å². The molecule has 0 fully saturated rings. The van der Waals surface area contributed by atoms with Crippen LogP contribution in [-0.2, 0) is 0 Å². The van der Waals surface area contributed by atoms with E-state index in [0.717, 1.165) is 5.56 Å². The van der Waals surface area contributed by atoms with E-state index in [4.69, 9.17) is 5.73 Å². The van der Waals surface area contributed by atoms with Crippen LogP contribution in [0.25, 0.3) is 0 Å². The predicted molar refractivity (Wildman–Crippen MR) is 57.2 cm³/mol. The Morgan fingerprint density at radius 3 is 2.31 bits per heavy atom. The summed E-state index contributed by atoms with van der Waals surface area (Å²) in [4.78, 5) is 0. The molecular formula is C11H15F3N2. The molecule has 90 valence electrons. The van der Waals surface area contributed by atoms with Crippen molar-refractivity contribution in [3.63, 3.8) is 0 Å². The minimum Gasteiger partial charge on any atom is -0.330 e. The Labute approximate surface area is 92.6 Å². The van der Waals surface area contributed by atoms with E-state index < -0.39 is 12.7 Å². The summed E-state index contributed by atoms with van der Waals surface area (Å²) in [6.07, 6.45) is -4.17. The van der Waals surface area contributed by atoms with Crippen LogP contribution in [0.4, 0.5) is 13.2 Å². The summed E-state index contributed by atoms with van der Waals surface area (Å²) in [7, 11) is 0. The molecule has 0 aliphatic carbocycles. The normalized spacial score (nSPS) is 13.8. The molecule has 5 heteroatoms. The second-order valence-electron chi connectivity index (χ2n) is 3.59. The number of halogens is 3. The fourth-order valence-electron chi connectivity index (χ4n) is 1.45. The van der Waals surface area contributed by atoms with Crippen molar-refractivity contribution in [1.82, 2.24) is 5.32 Å². The fraction of sp³-hybridized carbons (Fsp3) is 0.455. The third-order valence-corrected chi connectivity index (χ3v) is 2.27. The van der Waals surface area contributed by atoms with E-state index in [0.29, 0.717) is 6.54 Å². The van der Waals surface area contributed by atoms with E-state index in [1.807, 2.05) is 30.3 Å². The van der Waals surface area contributed by atoms with Crippen LogP contribution in [0.15, 0.2) is 30.3 Å². The van der Waals surface area contributed by atoms with Gasteiger partial charge in [-0.3, -0.25) is 0 Å². The molecule has 1 rings (SSSR count). The van der Waals surface area contributed by atoms with E-state index in [-0.39, 0.29) is 12.5 Å². The highest BCUT2D eigenvalue weighted by molar-refractivity contribution is 5.20. The number of rotatable bonds is 5. The highest BCUT2D eigenvalue weighted by Gasteiger charge is 2.26. The second-order valence-corrected chi connectivity index (χ2v) is 3.59. The molecule has 0 saturated carbocycles. The van der Waals surface area contributed by atoms with Crippen LogP contribution in [0.2, 0.25) is 0 Å². The minimum atomic E-state index is -4.17. The van der Waals surface area contributed by atoms with Crippen molar-refractivity contribution in [2.75, 3.05) is 19.6 Å². The van der Waals surface area contributed by atoms with Crippen LogP contribution < -0.4 is 11.1 Å². The third-order valence-electron chi connectivity index (χ3n) is 2.27. The van der Waals surface area contributed by atoms with Gasteiger partial charge in [-0.25, -0.2) is 0 Å². The summed E-state index contributed by atoms with van der Waals surface area (Å²) in [5, 5.41) is 2.37. The van der Waals surface area contributed by atoms with Crippen LogP contribution in [0, 0.1) is 0 Å². The molecule has 0 spiro atoms. The summed E-state index contributed by atoms with van der Waals surface area (Å²) in [6, 6.07) is 9.29. The van der Waals surface area contributed by atoms with Gasteiger partial charge in [-0.05, 0) is 5.56 Å². The second kappa shape index (κ2) is 5.86. The average Bonchev–Trinajstić information content (AvgIpc) is 2.24. The summed E-state index contributed by atoms with van der Waals surface area (Å²) in [5.41, 5.74) is 6.49. The van der Waals surface area contributed by atoms with E-state index in [2.05, 4.69) is 5.32 Å². The van der Waals surface area contributed by atoms with Gasteiger partial charge in [0.05, 0.1) is 6.54 Å². The van der Waals surface area contributed by atoms with E-state index in [1.165, 1.54) is 0 Å². The van der Waals surface area contributed by atoms with Crippen LogP contribution >= 0.6 is 0 Å². The van der Waals surface area contributed by atoms with Gasteiger partial charge < -0.3 is 11.1 Å². The minimum absolute atomic E-state index is 0.0800. The maximum absolute atomic E-state index is 11.9. The van der Waals surface area contributed by atoms with Crippen molar-refractivity contribution in [1.29, 1.82) is 0 Å². The number of hydrogen-bond donors (Lipinski definition) is 2. The molecule has 1 atom stereocenters. The zero-order valence-electron chi connectivity index (χ0n) is 8.80. The quantitative estimate of drug-likeness (QED) is 0.813. The lowest BCUT2D eigenvalue weighted by Crippen LogP contribution is -2.34. The van der Waals surface area contributed by atoms with Crippen LogP contribution in [-0.4, -0.2) is 25.8 Å². The van der Waals surface area contributed by atoms with Gasteiger partial charge in [-0.15, -0.1) is 0 Å². The zero-order valence-corrected chi connectivity index (χ0v) is 8.80. The molecule has 0 aliphatic heterocycles. The first-order valence-corrected chi connectivity index (χ1v) is 5.05. The molecule has 1 unspecified atom stereocenters. The lowest BCUT2D eigenvalue weighted by atomic mass is 9.99. The van der Waals surface area contributed by atoms with Crippen molar-refractivity contribution >= 4 is 0 Å². The standard InChI is InChI=1S/C11H15F3N2/c12-11(13,14)8-16-7-10(6-15)9-4-2-1-3-5-9/h1-5,10,16H,6-8,15H2. The first-order valence-electron chi connectivity index (χ1n) is 5.05. The summed E-state index contributed by atoms with van der Waals surface area (Å²) < 4.78 is 35.8. The summed E-state index contributed by atoms with van der Waals surface area (Å²) >= 11 is 0. The van der Waals surface area contributed by atoms with Crippen molar-refractivity contribution in [3.8, 4) is 0 Å². The van der Waals surface area contributed by atoms with E-state index in [1.54, 1.807) is 0 Å². The van der Waals surface area contributed by atoms with Crippen LogP contribution in [0.3, 0.4) is 0 Å². The maximum Gasteiger partial charge on any atom is 0.401 e. The largest absolute Gasteiger partial charge is 0.401 e. The molecule has 0 radical (unpaired) electrons. The Hall–Kier alpha value is -1.07. The summed E-state index contributed by atoms with van der Waals surface area (Å²) in [5.74, 6) is -0.0800. The maximum atomic E-state index is 11.9. The van der Waals surface area contributed by atoms with Gasteiger partial charge in [0.2, 0.25) is 0 Å². The Morgan fingerprint density at radius 2 is 1.81 bits per heavy atom. The molecule has 0 bridgehead atoms. The Morgan fingerprint density at radius 1 is 1.19 bits per heavy atom. The van der Waals surface area contributed by atoms with Gasteiger partial charge >= 0.3 is 6.18 Å². The van der Waals surface area contributed by atoms with Gasteiger partial charge in [0.1, 0.15) is 0 Å². The van der Waals surface area contributed by atoms with Crippen molar-refractivity contribution in [2.24, 2.45) is 5.73 Å². The van der Waals surface area contributed by atoms with Crippen molar-refractivity contribution in [2.45, 2.75) is 12.1 Å². The number of benzene rings is 1. The zero-order chi connectivity index (χ0) is 12.0. The van der Waals surface area contributed by atoms with Gasteiger partial charge in [0, 0.05) is 19.0 Å². The highest BCUT2D eigenvalue weighted by atomic mass is 19.4. The van der Waals surface area contributed by atoms with Gasteiger partial charge in [-0.2, -0.15) is 13.2 Å². The van der Waals surface area contributed by atoms with Crippen LogP contribution in [0.1, 0.15) is 11.5 Å². The smallest absolute Gasteiger partial charge is 0.330 e. The number of nitrogens with two attached hydrogens (primary N) is 1. The van der Waals surface area contributed by atoms with Crippen molar-refractivity contribution < 1.29 is 13.2 Å². The third kappa shape index (κ3) is 4.63. The Kier molecular flexibility index (Phi) is 4.76. The first kappa shape index (κ1) is 13.0. The molecule has 0 saturated heterocycles. The summed E-state index contributed by atoms with van der Waals surface area (Å²) in [6.45, 7) is -0.411. The number of hydrogen-bond acceptors (Lipinski definition) is 2. The lowest BCUT2D eigenvalue weighted by molar-refractivity contribution is -0.124. The SMILES string of the molecule is NCC(CNCC(F)(F)F)c1ccccc1. The molecule has 2 nitrogen and oxygen atoms in total. The molecule has 3 N–H and O–H groups in total. The van der Waals surface area contributed by atoms with E-state index >= 15 is 0 Å². The Balaban J connectivity index is 2.45. The van der Waals surface area contributed by atoms with E-state index in [9.17, 15) is 13.2 Å². The molecular weight excluding hydrogens is 217 g/mol. The van der Waals surface area contributed by atoms with Gasteiger partial charge in [0.15, 0.2) is 0 Å². The monoisotopic (exact) mass is 232 g/mol. The topological polar surface area (TPSA) is 38.0 Å². The molecule has 1 aromatic carbocycles. The van der Waals surface area contributed by atoms with Crippen molar-refractivity contribution in [3.05, 3.63) is 35.9 Å². The average molecular weight is 232 g/mol. The first-order chi connectivity index (χ1) is 7.53. The number of nitrogens with one attached hydrogen (secondary N) is 1. The van der Waals surface area contributed by atoms with Gasteiger partial charge in [0.25, 0.3) is 0 Å². The molecule has 1 aromatic rings. The predicted octanol–water partition coefficient (Wildman–Crippen LogP) is 1.88. The molecule has 0 heterocycles. The molecule has 0 aliphatic rings. The highest BCUT2D eigenvalue weighted by Crippen LogP contribution is 2.15. The number of alkyl halides is 3. The molecule has 0 aromatic heterocycles.